The van der Waals surface area contributed by atoms with Gasteiger partial charge in [0, 0.05) is 12.5 Å². The van der Waals surface area contributed by atoms with Crippen LogP contribution >= 0.6 is 0 Å². The van der Waals surface area contributed by atoms with E-state index in [-0.39, 0.29) is 0 Å². The van der Waals surface area contributed by atoms with Crippen molar-refractivity contribution in [3.63, 3.8) is 0 Å². The molecule has 0 saturated carbocycles. The minimum absolute atomic E-state index is 1.26. The third kappa shape index (κ3) is 4.25. The van der Waals surface area contributed by atoms with Crippen molar-refractivity contribution in [2.24, 2.45) is 0 Å². The van der Waals surface area contributed by atoms with E-state index in [0.29, 0.717) is 0 Å². The summed E-state index contributed by atoms with van der Waals surface area (Å²) in [7, 11) is 0. The minimum atomic E-state index is 1.26. The van der Waals surface area contributed by atoms with Gasteiger partial charge < -0.3 is 11.8 Å². The summed E-state index contributed by atoms with van der Waals surface area (Å²) >= 11 is 0. The summed E-state index contributed by atoms with van der Waals surface area (Å²) in [4.78, 5) is 1.58. The van der Waals surface area contributed by atoms with Gasteiger partial charge in [0.15, 0.2) is 0 Å². The highest BCUT2D eigenvalue weighted by Gasteiger charge is 2.14. The Hall–Kier alpha value is -1.07. The van der Waals surface area contributed by atoms with Gasteiger partial charge in [0.2, 0.25) is 0 Å². The summed E-state index contributed by atoms with van der Waals surface area (Å²) in [6, 6.07) is 0. The molecule has 1 aliphatic rings. The van der Waals surface area contributed by atoms with Gasteiger partial charge >= 0.3 is 0 Å². The van der Waals surface area contributed by atoms with Gasteiger partial charge in [-0.25, -0.2) is 0 Å². The second-order valence-corrected chi connectivity index (χ2v) is 3.43. The molecular formula is C12H20N2. The number of nitrogens with one attached hydrogen (secondary N) is 1. The maximum atomic E-state index is 6.25. The van der Waals surface area contributed by atoms with Crippen LogP contribution in [0.25, 0.3) is 0 Å². The molecule has 2 nitrogen and oxygen atoms in total. The summed E-state index contributed by atoms with van der Waals surface area (Å²) in [6.45, 7) is 10.5. The molecule has 14 heavy (non-hydrogen) atoms. The zero-order chi connectivity index (χ0) is 10.8. The maximum Gasteiger partial charge on any atom is 0.112 e. The monoisotopic (exact) mass is 192 g/mol. The second-order valence-electron chi connectivity index (χ2n) is 3.43. The highest BCUT2D eigenvalue weighted by molar-refractivity contribution is 5.10. The number of rotatable bonds is 5. The first-order valence-corrected chi connectivity index (χ1v) is 5.34. The predicted octanol–water partition coefficient (Wildman–Crippen LogP) is 1.98. The zero-order valence-corrected chi connectivity index (χ0v) is 9.21. The van der Waals surface area contributed by atoms with E-state index in [1.54, 1.807) is 10.6 Å². The lowest BCUT2D eigenvalue weighted by atomic mass is 10.2. The molecule has 1 atom stereocenters. The Bertz CT molecular complexity index is 214. The van der Waals surface area contributed by atoms with E-state index in [4.69, 9.17) is 11.8 Å². The molecule has 2 heteroatoms. The third-order valence-corrected chi connectivity index (χ3v) is 2.33. The van der Waals surface area contributed by atoms with E-state index in [2.05, 4.69) is 32.2 Å². The van der Waals surface area contributed by atoms with Crippen LogP contribution in [0.5, 0.6) is 0 Å². The van der Waals surface area contributed by atoms with Gasteiger partial charge in [0.05, 0.1) is 12.7 Å². The Balaban J connectivity index is 0.000000791. The summed E-state index contributed by atoms with van der Waals surface area (Å²) in [6.07, 6.45) is 11.9. The quantitative estimate of drug-likeness (QED) is 0.663. The van der Waals surface area contributed by atoms with Crippen LogP contribution in [0.1, 0.15) is 39.5 Å². The molecule has 0 saturated heterocycles. The Labute approximate surface area is 87.5 Å². The van der Waals surface area contributed by atoms with Crippen LogP contribution in [0.4, 0.5) is 0 Å². The molecule has 0 spiro atoms. The number of nitrogens with zero attached hydrogens (tertiary/aromatic N) is 1. The molecule has 0 bridgehead atoms. The van der Waals surface area contributed by atoms with Crippen molar-refractivity contribution in [2.75, 3.05) is 6.54 Å². The van der Waals surface area contributed by atoms with Crippen LogP contribution in [0.3, 0.4) is 0 Å². The third-order valence-electron chi connectivity index (χ3n) is 2.33. The first-order chi connectivity index (χ1) is 6.88. The SMILES string of the molecule is CCCC[NH+]1C=CC=C1CCC.[C-]#N. The molecule has 1 rings (SSSR count). The highest BCUT2D eigenvalue weighted by atomic mass is 15.1. The molecule has 1 N–H and O–H groups in total. The van der Waals surface area contributed by atoms with Crippen LogP contribution in [-0.2, 0) is 0 Å². The largest absolute Gasteiger partial charge is 0.512 e. The minimum Gasteiger partial charge on any atom is -0.512 e. The highest BCUT2D eigenvalue weighted by Crippen LogP contribution is 2.01. The number of allylic oxidation sites excluding steroid dienone is 3. The van der Waals surface area contributed by atoms with Crippen molar-refractivity contribution in [3.8, 4) is 0 Å². The average molecular weight is 192 g/mol. The molecule has 0 aromatic heterocycles. The van der Waals surface area contributed by atoms with Crippen LogP contribution in [0, 0.1) is 11.8 Å². The van der Waals surface area contributed by atoms with Gasteiger partial charge in [-0.05, 0) is 18.9 Å². The van der Waals surface area contributed by atoms with Crippen LogP contribution in [0.2, 0.25) is 0 Å². The van der Waals surface area contributed by atoms with Gasteiger partial charge in [0.25, 0.3) is 0 Å². The van der Waals surface area contributed by atoms with Crippen molar-refractivity contribution >= 4 is 0 Å². The van der Waals surface area contributed by atoms with E-state index in [0.717, 1.165) is 0 Å². The van der Waals surface area contributed by atoms with Gasteiger partial charge in [-0.15, -0.1) is 0 Å². The van der Waals surface area contributed by atoms with Crippen molar-refractivity contribution in [2.45, 2.75) is 39.5 Å². The van der Waals surface area contributed by atoms with Gasteiger partial charge in [-0.1, -0.05) is 20.3 Å². The van der Waals surface area contributed by atoms with E-state index >= 15 is 0 Å². The predicted molar refractivity (Wildman–Crippen MR) is 57.8 cm³/mol. The van der Waals surface area contributed by atoms with Gasteiger partial charge in [-0.3, -0.25) is 4.90 Å². The van der Waals surface area contributed by atoms with Crippen LogP contribution < -0.4 is 4.90 Å². The molecule has 1 unspecified atom stereocenters. The molecule has 0 aromatic carbocycles. The number of unbranched alkanes of at least 4 members (excludes halogenated alkanes) is 1. The van der Waals surface area contributed by atoms with E-state index in [9.17, 15) is 0 Å². The Morgan fingerprint density at radius 2 is 2.00 bits per heavy atom. The number of hydrogen-bond acceptors (Lipinski definition) is 1. The molecule has 1 aliphatic heterocycles. The summed E-state index contributed by atoms with van der Waals surface area (Å²) < 4.78 is 0. The van der Waals surface area contributed by atoms with E-state index < -0.39 is 0 Å². The maximum absolute atomic E-state index is 6.25. The molecule has 78 valence electrons. The first kappa shape index (κ1) is 12.9. The van der Waals surface area contributed by atoms with Crippen molar-refractivity contribution in [1.82, 2.24) is 0 Å². The topological polar surface area (TPSA) is 28.2 Å². The summed E-state index contributed by atoms with van der Waals surface area (Å²) in [5.74, 6) is 0. The summed E-state index contributed by atoms with van der Waals surface area (Å²) in [5.41, 5.74) is 1.57. The average Bonchev–Trinajstić information content (AvgIpc) is 2.66. The fourth-order valence-electron chi connectivity index (χ4n) is 1.62. The number of quaternary nitrogens is 1. The summed E-state index contributed by atoms with van der Waals surface area (Å²) in [5, 5.41) is 6.25. The first-order valence-electron chi connectivity index (χ1n) is 5.34. The molecular weight excluding hydrogens is 172 g/mol. The lowest BCUT2D eigenvalue weighted by Crippen LogP contribution is -3.04. The Kier molecular flexibility index (Phi) is 7.87. The standard InChI is InChI=1S/C11H19N.CN/c1-3-5-9-12-10-6-8-11(12)7-4-2;1-2/h6,8,10H,3-5,7,9H2,1-2H3;/q;-1/p+1. The normalized spacial score (nSPS) is 18.6. The van der Waals surface area contributed by atoms with Crippen LogP contribution in [-0.4, -0.2) is 6.54 Å². The smallest absolute Gasteiger partial charge is 0.112 e. The molecule has 0 amide bonds. The molecule has 0 fully saturated rings. The zero-order valence-electron chi connectivity index (χ0n) is 9.21. The van der Waals surface area contributed by atoms with Crippen LogP contribution in [0.15, 0.2) is 24.0 Å². The fraction of sp³-hybridized carbons (Fsp3) is 0.583. The lowest BCUT2D eigenvalue weighted by Gasteiger charge is -2.12. The Morgan fingerprint density at radius 3 is 2.57 bits per heavy atom. The van der Waals surface area contributed by atoms with Gasteiger partial charge in [-0.2, -0.15) is 0 Å². The molecule has 1 heterocycles. The number of hydrogen-bond donors (Lipinski definition) is 1. The van der Waals surface area contributed by atoms with Crippen molar-refractivity contribution in [1.29, 1.82) is 5.26 Å². The molecule has 0 aliphatic carbocycles. The molecule has 0 aromatic rings. The molecule has 0 radical (unpaired) electrons. The van der Waals surface area contributed by atoms with E-state index in [1.165, 1.54) is 32.2 Å². The second kappa shape index (κ2) is 8.52. The Morgan fingerprint density at radius 1 is 1.29 bits per heavy atom. The van der Waals surface area contributed by atoms with Crippen molar-refractivity contribution in [3.05, 3.63) is 30.6 Å². The lowest BCUT2D eigenvalue weighted by molar-refractivity contribution is -0.804. The van der Waals surface area contributed by atoms with E-state index in [1.807, 2.05) is 0 Å². The fourth-order valence-corrected chi connectivity index (χ4v) is 1.62. The van der Waals surface area contributed by atoms with Gasteiger partial charge in [0.1, 0.15) is 5.70 Å². The van der Waals surface area contributed by atoms with Crippen molar-refractivity contribution < 1.29 is 4.90 Å².